The number of hydrogen-bond donors (Lipinski definition) is 2. The summed E-state index contributed by atoms with van der Waals surface area (Å²) in [4.78, 5) is 34.2. The average Bonchev–Trinajstić information content (AvgIpc) is 2.53. The molecule has 0 radical (unpaired) electrons. The Labute approximate surface area is 133 Å². The number of hydrogen-bond acceptors (Lipinski definition) is 6. The molecule has 0 saturated heterocycles. The second-order valence-electron chi connectivity index (χ2n) is 4.54. The lowest BCUT2D eigenvalue weighted by molar-refractivity contribution is -0.137. The third-order valence-electron chi connectivity index (χ3n) is 3.00. The molecule has 0 bridgehead atoms. The van der Waals surface area contributed by atoms with Crippen LogP contribution in [0.2, 0.25) is 0 Å². The van der Waals surface area contributed by atoms with Crippen molar-refractivity contribution >= 4 is 23.5 Å². The molecular weight excluding hydrogens is 306 g/mol. The van der Waals surface area contributed by atoms with Gasteiger partial charge in [-0.1, -0.05) is 0 Å². The number of amides is 1. The van der Waals surface area contributed by atoms with E-state index in [2.05, 4.69) is 10.1 Å². The molecule has 126 valence electrons. The Kier molecular flexibility index (Phi) is 6.85. The van der Waals surface area contributed by atoms with Crippen molar-refractivity contribution < 1.29 is 33.7 Å². The van der Waals surface area contributed by atoms with Gasteiger partial charge in [-0.05, 0) is 6.42 Å². The van der Waals surface area contributed by atoms with Crippen LogP contribution in [-0.2, 0) is 14.3 Å². The number of methoxy groups -OCH3 is 3. The van der Waals surface area contributed by atoms with E-state index in [4.69, 9.17) is 14.6 Å². The Morgan fingerprint density at radius 3 is 2.17 bits per heavy atom. The number of carbonyl (C=O) groups is 3. The molecule has 0 aromatic heterocycles. The van der Waals surface area contributed by atoms with Crippen LogP contribution in [0.15, 0.2) is 12.1 Å². The molecule has 1 amide bonds. The van der Waals surface area contributed by atoms with Gasteiger partial charge in [0.15, 0.2) is 11.5 Å². The summed E-state index contributed by atoms with van der Waals surface area (Å²) < 4.78 is 14.9. The first-order valence-electron chi connectivity index (χ1n) is 6.78. The van der Waals surface area contributed by atoms with Gasteiger partial charge in [0.05, 0.1) is 32.6 Å². The van der Waals surface area contributed by atoms with Crippen LogP contribution in [0.1, 0.15) is 29.6 Å². The van der Waals surface area contributed by atoms with Crippen molar-refractivity contribution in [2.75, 3.05) is 26.6 Å². The minimum atomic E-state index is -0.973. The van der Waals surface area contributed by atoms with E-state index in [0.29, 0.717) is 11.5 Å². The van der Waals surface area contributed by atoms with Crippen molar-refractivity contribution in [2.24, 2.45) is 0 Å². The molecule has 1 aromatic rings. The minimum absolute atomic E-state index is 0.0151. The molecule has 0 heterocycles. The molecule has 0 saturated carbocycles. The fraction of sp³-hybridized carbons (Fsp3) is 0.400. The highest BCUT2D eigenvalue weighted by Gasteiger charge is 2.19. The van der Waals surface area contributed by atoms with Gasteiger partial charge in [0, 0.05) is 25.0 Å². The average molecular weight is 325 g/mol. The molecule has 0 atom stereocenters. The van der Waals surface area contributed by atoms with Crippen LogP contribution in [0.4, 0.5) is 5.69 Å². The molecule has 23 heavy (non-hydrogen) atoms. The van der Waals surface area contributed by atoms with E-state index in [0.717, 1.165) is 0 Å². The summed E-state index contributed by atoms with van der Waals surface area (Å²) in [5, 5.41) is 11.1. The second-order valence-corrected chi connectivity index (χ2v) is 4.54. The molecule has 8 heteroatoms. The van der Waals surface area contributed by atoms with Crippen molar-refractivity contribution in [1.29, 1.82) is 0 Å². The van der Waals surface area contributed by atoms with E-state index in [-0.39, 0.29) is 30.5 Å². The molecule has 0 aliphatic heterocycles. The van der Waals surface area contributed by atoms with Crippen LogP contribution in [0.3, 0.4) is 0 Å². The minimum Gasteiger partial charge on any atom is -0.493 e. The molecular formula is C15H19NO7. The van der Waals surface area contributed by atoms with Gasteiger partial charge in [0.1, 0.15) is 0 Å². The van der Waals surface area contributed by atoms with Crippen LogP contribution in [0.5, 0.6) is 11.5 Å². The van der Waals surface area contributed by atoms with Crippen molar-refractivity contribution in [2.45, 2.75) is 19.3 Å². The normalized spacial score (nSPS) is 9.87. The number of rotatable bonds is 8. The quantitative estimate of drug-likeness (QED) is 0.699. The predicted octanol–water partition coefficient (Wildman–Crippen LogP) is 1.68. The molecule has 0 spiro atoms. The van der Waals surface area contributed by atoms with Gasteiger partial charge in [0.25, 0.3) is 0 Å². The fourth-order valence-corrected chi connectivity index (χ4v) is 1.87. The summed E-state index contributed by atoms with van der Waals surface area (Å²) in [6.45, 7) is 0. The van der Waals surface area contributed by atoms with Gasteiger partial charge in [-0.2, -0.15) is 0 Å². The zero-order chi connectivity index (χ0) is 17.4. The molecule has 0 unspecified atom stereocenters. The number of ether oxygens (including phenoxy) is 3. The van der Waals surface area contributed by atoms with Gasteiger partial charge in [0.2, 0.25) is 5.91 Å². The zero-order valence-corrected chi connectivity index (χ0v) is 13.2. The third kappa shape index (κ3) is 5.17. The number of anilines is 1. The monoisotopic (exact) mass is 325 g/mol. The van der Waals surface area contributed by atoms with Crippen LogP contribution in [0.25, 0.3) is 0 Å². The summed E-state index contributed by atoms with van der Waals surface area (Å²) in [6.07, 6.45) is 0.104. The second kappa shape index (κ2) is 8.62. The van der Waals surface area contributed by atoms with Crippen molar-refractivity contribution in [3.05, 3.63) is 17.7 Å². The predicted molar refractivity (Wildman–Crippen MR) is 81.0 cm³/mol. The Morgan fingerprint density at radius 1 is 1.04 bits per heavy atom. The first-order valence-corrected chi connectivity index (χ1v) is 6.78. The van der Waals surface area contributed by atoms with Gasteiger partial charge < -0.3 is 24.6 Å². The summed E-state index contributed by atoms with van der Waals surface area (Å²) >= 11 is 0. The maximum atomic E-state index is 11.9. The van der Waals surface area contributed by atoms with E-state index in [1.165, 1.54) is 33.5 Å². The van der Waals surface area contributed by atoms with Gasteiger partial charge >= 0.3 is 11.9 Å². The van der Waals surface area contributed by atoms with E-state index in [1.54, 1.807) is 0 Å². The Bertz CT molecular complexity index is 598. The van der Waals surface area contributed by atoms with Gasteiger partial charge in [-0.25, -0.2) is 4.79 Å². The largest absolute Gasteiger partial charge is 0.493 e. The summed E-state index contributed by atoms with van der Waals surface area (Å²) in [7, 11) is 4.06. The summed E-state index contributed by atoms with van der Waals surface area (Å²) in [5.41, 5.74) is 0.312. The number of esters is 1. The highest BCUT2D eigenvalue weighted by Crippen LogP contribution is 2.33. The van der Waals surface area contributed by atoms with E-state index in [9.17, 15) is 14.4 Å². The first-order chi connectivity index (χ1) is 10.9. The maximum absolute atomic E-state index is 11.9. The topological polar surface area (TPSA) is 111 Å². The SMILES string of the molecule is COC(=O)c1cc(OC)c(OC)cc1NC(=O)CCCC(=O)O. The lowest BCUT2D eigenvalue weighted by atomic mass is 10.1. The summed E-state index contributed by atoms with van der Waals surface area (Å²) in [6, 6.07) is 2.84. The molecule has 0 fully saturated rings. The van der Waals surface area contributed by atoms with Crippen LogP contribution >= 0.6 is 0 Å². The lowest BCUT2D eigenvalue weighted by Gasteiger charge is -2.14. The Hall–Kier alpha value is -2.77. The van der Waals surface area contributed by atoms with E-state index in [1.807, 2.05) is 0 Å². The van der Waals surface area contributed by atoms with Crippen LogP contribution < -0.4 is 14.8 Å². The maximum Gasteiger partial charge on any atom is 0.340 e. The number of aliphatic carboxylic acids is 1. The zero-order valence-electron chi connectivity index (χ0n) is 13.2. The molecule has 0 aliphatic rings. The lowest BCUT2D eigenvalue weighted by Crippen LogP contribution is -2.16. The van der Waals surface area contributed by atoms with Gasteiger partial charge in [-0.15, -0.1) is 0 Å². The molecule has 8 nitrogen and oxygen atoms in total. The third-order valence-corrected chi connectivity index (χ3v) is 3.00. The van der Waals surface area contributed by atoms with Crippen molar-refractivity contribution in [1.82, 2.24) is 0 Å². The molecule has 1 aromatic carbocycles. The van der Waals surface area contributed by atoms with Crippen LogP contribution in [-0.4, -0.2) is 44.3 Å². The molecule has 2 N–H and O–H groups in total. The number of carboxylic acids is 1. The Balaban J connectivity index is 3.00. The van der Waals surface area contributed by atoms with Gasteiger partial charge in [-0.3, -0.25) is 9.59 Å². The number of nitrogens with one attached hydrogen (secondary N) is 1. The first kappa shape index (κ1) is 18.3. The van der Waals surface area contributed by atoms with Crippen LogP contribution in [0, 0.1) is 0 Å². The number of carboxylic acid groups (broad SMARTS) is 1. The highest BCUT2D eigenvalue weighted by molar-refractivity contribution is 6.02. The standard InChI is InChI=1S/C15H19NO7/c1-21-11-7-9(15(20)23-3)10(8-12(11)22-2)16-13(17)5-4-6-14(18)19/h7-8H,4-6H2,1-3H3,(H,16,17)(H,18,19). The molecule has 1 rings (SSSR count). The van der Waals surface area contributed by atoms with Crippen molar-refractivity contribution in [3.8, 4) is 11.5 Å². The molecule has 0 aliphatic carbocycles. The Morgan fingerprint density at radius 2 is 1.65 bits per heavy atom. The smallest absolute Gasteiger partial charge is 0.340 e. The number of carbonyl (C=O) groups excluding carboxylic acids is 2. The fourth-order valence-electron chi connectivity index (χ4n) is 1.87. The van der Waals surface area contributed by atoms with E-state index >= 15 is 0 Å². The van der Waals surface area contributed by atoms with Crippen molar-refractivity contribution in [3.63, 3.8) is 0 Å². The summed E-state index contributed by atoms with van der Waals surface area (Å²) in [5.74, 6) is -1.38. The number of benzene rings is 1. The van der Waals surface area contributed by atoms with E-state index < -0.39 is 17.8 Å². The highest BCUT2D eigenvalue weighted by atomic mass is 16.5.